The van der Waals surface area contributed by atoms with E-state index in [1.807, 2.05) is 54.6 Å². The van der Waals surface area contributed by atoms with E-state index in [4.69, 9.17) is 0 Å². The molecule has 0 bridgehead atoms. The maximum Gasteiger partial charge on any atom is 0.274 e. The third-order valence-electron chi connectivity index (χ3n) is 4.25. The fourth-order valence-corrected chi connectivity index (χ4v) is 3.00. The second kappa shape index (κ2) is 5.87. The molecule has 0 aliphatic heterocycles. The van der Waals surface area contributed by atoms with Crippen LogP contribution in [0.2, 0.25) is 0 Å². The number of aromatic nitrogens is 3. The number of nitrogens with one attached hydrogen (secondary N) is 1. The van der Waals surface area contributed by atoms with Crippen LogP contribution in [-0.2, 0) is 5.54 Å². The van der Waals surface area contributed by atoms with E-state index in [1.165, 1.54) is 0 Å². The highest BCUT2D eigenvalue weighted by molar-refractivity contribution is 9.10. The van der Waals surface area contributed by atoms with Crippen molar-refractivity contribution in [3.8, 4) is 5.69 Å². The summed E-state index contributed by atoms with van der Waals surface area (Å²) in [4.78, 5) is 12.5. The molecule has 3 aromatic rings. The van der Waals surface area contributed by atoms with Crippen LogP contribution in [0, 0.1) is 0 Å². The number of carbonyl (C=O) groups is 1. The number of carbonyl (C=O) groups excluding carboxylic acids is 1. The van der Waals surface area contributed by atoms with Crippen molar-refractivity contribution in [2.24, 2.45) is 0 Å². The molecule has 1 heterocycles. The Hall–Kier alpha value is -2.47. The predicted molar refractivity (Wildman–Crippen MR) is 93.9 cm³/mol. The predicted octanol–water partition coefficient (Wildman–Crippen LogP) is 3.45. The van der Waals surface area contributed by atoms with Crippen LogP contribution in [0.1, 0.15) is 28.9 Å². The maximum absolute atomic E-state index is 12.5. The van der Waals surface area contributed by atoms with E-state index in [2.05, 4.69) is 31.6 Å². The zero-order valence-corrected chi connectivity index (χ0v) is 14.4. The van der Waals surface area contributed by atoms with Gasteiger partial charge in [0.25, 0.3) is 5.91 Å². The number of amides is 1. The fourth-order valence-electron chi connectivity index (χ4n) is 2.74. The van der Waals surface area contributed by atoms with Gasteiger partial charge >= 0.3 is 0 Å². The monoisotopic (exact) mass is 382 g/mol. The van der Waals surface area contributed by atoms with E-state index >= 15 is 0 Å². The van der Waals surface area contributed by atoms with Gasteiger partial charge < -0.3 is 5.32 Å². The first-order valence-electron chi connectivity index (χ1n) is 7.73. The van der Waals surface area contributed by atoms with Gasteiger partial charge in [0.1, 0.15) is 0 Å². The van der Waals surface area contributed by atoms with Crippen LogP contribution in [0.5, 0.6) is 0 Å². The van der Waals surface area contributed by atoms with Crippen molar-refractivity contribution >= 4 is 21.8 Å². The standard InChI is InChI=1S/C18H15BrN4O/c19-14-8-6-13(7-9-14)18(10-11-18)20-17(24)16-12-23(22-21-16)15-4-2-1-3-5-15/h1-9,12H,10-11H2,(H,20,24). The van der Waals surface area contributed by atoms with E-state index in [-0.39, 0.29) is 11.4 Å². The highest BCUT2D eigenvalue weighted by atomic mass is 79.9. The van der Waals surface area contributed by atoms with Crippen molar-refractivity contribution in [1.29, 1.82) is 0 Å². The largest absolute Gasteiger partial charge is 0.341 e. The average molecular weight is 383 g/mol. The van der Waals surface area contributed by atoms with Crippen molar-refractivity contribution < 1.29 is 4.79 Å². The minimum absolute atomic E-state index is 0.197. The molecule has 0 radical (unpaired) electrons. The Morgan fingerprint density at radius 3 is 2.46 bits per heavy atom. The van der Waals surface area contributed by atoms with Gasteiger partial charge in [-0.25, -0.2) is 4.68 Å². The molecule has 2 aromatic carbocycles. The number of para-hydroxylation sites is 1. The highest BCUT2D eigenvalue weighted by Crippen LogP contribution is 2.45. The second-order valence-electron chi connectivity index (χ2n) is 5.93. The third kappa shape index (κ3) is 2.85. The minimum Gasteiger partial charge on any atom is -0.341 e. The minimum atomic E-state index is -0.270. The number of nitrogens with zero attached hydrogens (tertiary/aromatic N) is 3. The molecule has 6 heteroatoms. The molecule has 1 N–H and O–H groups in total. The van der Waals surface area contributed by atoms with Gasteiger partial charge in [0, 0.05) is 4.47 Å². The van der Waals surface area contributed by atoms with E-state index in [0.29, 0.717) is 5.69 Å². The first-order valence-corrected chi connectivity index (χ1v) is 8.52. The van der Waals surface area contributed by atoms with Crippen LogP contribution in [0.25, 0.3) is 5.69 Å². The van der Waals surface area contributed by atoms with Crippen molar-refractivity contribution in [2.45, 2.75) is 18.4 Å². The lowest BCUT2D eigenvalue weighted by atomic mass is 10.1. The Balaban J connectivity index is 1.53. The number of hydrogen-bond acceptors (Lipinski definition) is 3. The highest BCUT2D eigenvalue weighted by Gasteiger charge is 2.46. The summed E-state index contributed by atoms with van der Waals surface area (Å²) < 4.78 is 2.63. The number of halogens is 1. The number of rotatable bonds is 4. The van der Waals surface area contributed by atoms with Gasteiger partial charge in [0.2, 0.25) is 0 Å². The lowest BCUT2D eigenvalue weighted by molar-refractivity contribution is 0.0925. The summed E-state index contributed by atoms with van der Waals surface area (Å²) in [5.74, 6) is -0.197. The molecule has 120 valence electrons. The van der Waals surface area contributed by atoms with Crippen LogP contribution in [-0.4, -0.2) is 20.9 Å². The Labute approximate surface area is 147 Å². The molecule has 1 aliphatic rings. The van der Waals surface area contributed by atoms with E-state index in [1.54, 1.807) is 10.9 Å². The molecule has 0 saturated heterocycles. The summed E-state index contributed by atoms with van der Waals surface area (Å²) >= 11 is 3.44. The van der Waals surface area contributed by atoms with Gasteiger partial charge in [-0.05, 0) is 42.7 Å². The first-order chi connectivity index (χ1) is 11.7. The molecule has 0 unspecified atom stereocenters. The molecule has 24 heavy (non-hydrogen) atoms. The van der Waals surface area contributed by atoms with Crippen LogP contribution in [0.15, 0.2) is 65.3 Å². The van der Waals surface area contributed by atoms with Gasteiger partial charge in [-0.15, -0.1) is 5.10 Å². The van der Waals surface area contributed by atoms with Gasteiger partial charge in [-0.2, -0.15) is 0 Å². The third-order valence-corrected chi connectivity index (χ3v) is 4.78. The molecule has 1 aromatic heterocycles. The van der Waals surface area contributed by atoms with Crippen LogP contribution < -0.4 is 5.32 Å². The molecule has 4 rings (SSSR count). The molecule has 0 atom stereocenters. The zero-order chi connectivity index (χ0) is 16.6. The lowest BCUT2D eigenvalue weighted by Gasteiger charge is -2.17. The van der Waals surface area contributed by atoms with Crippen LogP contribution >= 0.6 is 15.9 Å². The molecular weight excluding hydrogens is 368 g/mol. The van der Waals surface area contributed by atoms with Gasteiger partial charge in [-0.3, -0.25) is 4.79 Å². The lowest BCUT2D eigenvalue weighted by Crippen LogP contribution is -2.35. The Kier molecular flexibility index (Phi) is 3.69. The topological polar surface area (TPSA) is 59.8 Å². The summed E-state index contributed by atoms with van der Waals surface area (Å²) in [6, 6.07) is 17.7. The summed E-state index contributed by atoms with van der Waals surface area (Å²) in [6.07, 6.45) is 3.53. The summed E-state index contributed by atoms with van der Waals surface area (Å²) in [7, 11) is 0. The Bertz CT molecular complexity index is 870. The molecule has 1 fully saturated rings. The molecule has 1 saturated carbocycles. The molecule has 1 aliphatic carbocycles. The SMILES string of the molecule is O=C(NC1(c2ccc(Br)cc2)CC1)c1cn(-c2ccccc2)nn1. The number of benzene rings is 2. The van der Waals surface area contributed by atoms with Gasteiger partial charge in [-0.1, -0.05) is 51.5 Å². The maximum atomic E-state index is 12.5. The van der Waals surface area contributed by atoms with Crippen molar-refractivity contribution in [3.63, 3.8) is 0 Å². The number of hydrogen-bond donors (Lipinski definition) is 1. The smallest absolute Gasteiger partial charge is 0.274 e. The fraction of sp³-hybridized carbons (Fsp3) is 0.167. The van der Waals surface area contributed by atoms with Crippen LogP contribution in [0.4, 0.5) is 0 Å². The first kappa shape index (κ1) is 15.1. The average Bonchev–Trinajstić information content (AvgIpc) is 3.21. The Morgan fingerprint density at radius 1 is 1.08 bits per heavy atom. The zero-order valence-electron chi connectivity index (χ0n) is 12.8. The van der Waals surface area contributed by atoms with Crippen LogP contribution in [0.3, 0.4) is 0 Å². The van der Waals surface area contributed by atoms with Crippen molar-refractivity contribution in [1.82, 2.24) is 20.3 Å². The van der Waals surface area contributed by atoms with E-state index in [9.17, 15) is 4.79 Å². The van der Waals surface area contributed by atoms with E-state index < -0.39 is 0 Å². The molecule has 1 amide bonds. The summed E-state index contributed by atoms with van der Waals surface area (Å²) in [6.45, 7) is 0. The van der Waals surface area contributed by atoms with Crippen molar-refractivity contribution in [3.05, 3.63) is 76.5 Å². The second-order valence-corrected chi connectivity index (χ2v) is 6.84. The summed E-state index contributed by atoms with van der Waals surface area (Å²) in [5.41, 5.74) is 2.05. The van der Waals surface area contributed by atoms with Gasteiger partial charge in [0.05, 0.1) is 17.4 Å². The molecular formula is C18H15BrN4O. The van der Waals surface area contributed by atoms with Gasteiger partial charge in [0.15, 0.2) is 5.69 Å². The quantitative estimate of drug-likeness (QED) is 0.751. The molecule has 0 spiro atoms. The van der Waals surface area contributed by atoms with Crippen molar-refractivity contribution in [2.75, 3.05) is 0 Å². The molecule has 5 nitrogen and oxygen atoms in total. The Morgan fingerprint density at radius 2 is 1.79 bits per heavy atom. The normalized spacial score (nSPS) is 15.0. The van der Waals surface area contributed by atoms with E-state index in [0.717, 1.165) is 28.6 Å². The summed E-state index contributed by atoms with van der Waals surface area (Å²) in [5, 5.41) is 11.2.